The molecule has 4 aromatic rings. The van der Waals surface area contributed by atoms with E-state index in [-0.39, 0.29) is 29.2 Å². The maximum atomic E-state index is 13.8. The number of aromatic amines is 1. The molecule has 2 atom stereocenters. The van der Waals surface area contributed by atoms with E-state index in [1.165, 1.54) is 12.1 Å². The molecule has 0 radical (unpaired) electrons. The molecule has 32 heavy (non-hydrogen) atoms. The lowest BCUT2D eigenvalue weighted by Gasteiger charge is -2.21. The molecule has 2 unspecified atom stereocenters. The van der Waals surface area contributed by atoms with Crippen LogP contribution < -0.4 is 10.5 Å². The Morgan fingerprint density at radius 1 is 1.16 bits per heavy atom. The number of halogens is 1. The average Bonchev–Trinajstić information content (AvgIpc) is 3.47. The summed E-state index contributed by atoms with van der Waals surface area (Å²) in [6.07, 6.45) is 4.09. The first kappa shape index (κ1) is 18.1. The molecular weight excluding hydrogens is 411 g/mol. The van der Waals surface area contributed by atoms with Gasteiger partial charge < -0.3 is 14.6 Å². The van der Waals surface area contributed by atoms with E-state index >= 15 is 0 Å². The number of amides is 1. The van der Waals surface area contributed by atoms with Gasteiger partial charge in [-0.25, -0.2) is 9.37 Å². The summed E-state index contributed by atoms with van der Waals surface area (Å²) in [6, 6.07) is 8.16. The van der Waals surface area contributed by atoms with Crippen LogP contribution in [0.4, 0.5) is 10.1 Å². The molecule has 8 heteroatoms. The fraction of sp³-hybridized carbons (Fsp3) is 0.292. The lowest BCUT2D eigenvalue weighted by atomic mass is 9.98. The molecule has 0 aliphatic carbocycles. The van der Waals surface area contributed by atoms with Crippen molar-refractivity contribution in [3.05, 3.63) is 75.2 Å². The standard InChI is InChI=1S/C24H19FN4O3/c25-14-3-4-18-13(6-14)7-19-15-9-20-17(8-16(15)24(31)29(18)19)27-23(30)21-10-26-22(28(20)21)12-2-1-5-32-11-12/h3-4,6,8-10,12,19H,1-2,5,7,11H2,(H,27,30). The van der Waals surface area contributed by atoms with Crippen molar-refractivity contribution < 1.29 is 13.9 Å². The second kappa shape index (κ2) is 6.26. The highest BCUT2D eigenvalue weighted by Crippen LogP contribution is 2.47. The van der Waals surface area contributed by atoms with Crippen molar-refractivity contribution in [1.29, 1.82) is 0 Å². The third-order valence-corrected chi connectivity index (χ3v) is 7.04. The zero-order chi connectivity index (χ0) is 21.6. The minimum Gasteiger partial charge on any atom is -0.381 e. The van der Waals surface area contributed by atoms with E-state index < -0.39 is 0 Å². The first-order chi connectivity index (χ1) is 15.6. The minimum atomic E-state index is -0.298. The SMILES string of the molecule is O=C1c2cc3[nH]c(=O)c4cnc(C5CCCOC5)n4c3cc2C2Cc3cc(F)ccc3N12. The van der Waals surface area contributed by atoms with Gasteiger partial charge in [-0.15, -0.1) is 0 Å². The van der Waals surface area contributed by atoms with Crippen LogP contribution in [0.2, 0.25) is 0 Å². The molecule has 7 nitrogen and oxygen atoms in total. The zero-order valence-corrected chi connectivity index (χ0v) is 17.1. The van der Waals surface area contributed by atoms with E-state index in [9.17, 15) is 14.0 Å². The number of ether oxygens (including phenoxy) is 1. The number of hydrogen-bond donors (Lipinski definition) is 1. The van der Waals surface area contributed by atoms with Gasteiger partial charge in [-0.2, -0.15) is 0 Å². The van der Waals surface area contributed by atoms with Gasteiger partial charge in [0.1, 0.15) is 17.2 Å². The summed E-state index contributed by atoms with van der Waals surface area (Å²) in [6.45, 7) is 1.32. The quantitative estimate of drug-likeness (QED) is 0.502. The maximum Gasteiger partial charge on any atom is 0.274 e. The van der Waals surface area contributed by atoms with E-state index in [4.69, 9.17) is 4.74 Å². The molecule has 2 aromatic carbocycles. The van der Waals surface area contributed by atoms with Gasteiger partial charge in [-0.05, 0) is 60.7 Å². The first-order valence-corrected chi connectivity index (χ1v) is 10.9. The van der Waals surface area contributed by atoms with Crippen LogP contribution in [0.1, 0.15) is 52.1 Å². The van der Waals surface area contributed by atoms with Gasteiger partial charge in [0.25, 0.3) is 11.5 Å². The fourth-order valence-electron chi connectivity index (χ4n) is 5.60. The van der Waals surface area contributed by atoms with Crippen molar-refractivity contribution >= 4 is 28.1 Å². The molecule has 1 saturated heterocycles. The number of nitrogens with zero attached hydrogens (tertiary/aromatic N) is 3. The largest absolute Gasteiger partial charge is 0.381 e. The molecule has 1 fully saturated rings. The fourth-order valence-corrected chi connectivity index (χ4v) is 5.60. The van der Waals surface area contributed by atoms with Crippen LogP contribution in [0.5, 0.6) is 0 Å². The smallest absolute Gasteiger partial charge is 0.274 e. The lowest BCUT2D eigenvalue weighted by Crippen LogP contribution is -2.23. The van der Waals surface area contributed by atoms with Crippen LogP contribution in [0.15, 0.2) is 41.3 Å². The third-order valence-electron chi connectivity index (χ3n) is 7.04. The van der Waals surface area contributed by atoms with Crippen molar-refractivity contribution in [1.82, 2.24) is 14.4 Å². The van der Waals surface area contributed by atoms with Crippen LogP contribution in [-0.4, -0.2) is 33.5 Å². The number of carbonyl (C=O) groups is 1. The highest BCUT2D eigenvalue weighted by molar-refractivity contribution is 6.14. The number of anilines is 1. The van der Waals surface area contributed by atoms with Gasteiger partial charge in [0.05, 0.1) is 29.9 Å². The molecule has 160 valence electrons. The van der Waals surface area contributed by atoms with E-state index in [1.54, 1.807) is 23.2 Å². The topological polar surface area (TPSA) is 79.7 Å². The van der Waals surface area contributed by atoms with E-state index in [1.807, 2.05) is 10.5 Å². The van der Waals surface area contributed by atoms with Crippen LogP contribution in [-0.2, 0) is 11.2 Å². The summed E-state index contributed by atoms with van der Waals surface area (Å²) >= 11 is 0. The van der Waals surface area contributed by atoms with E-state index in [0.29, 0.717) is 29.6 Å². The van der Waals surface area contributed by atoms with Crippen molar-refractivity contribution in [3.8, 4) is 0 Å². The van der Waals surface area contributed by atoms with E-state index in [0.717, 1.165) is 47.6 Å². The van der Waals surface area contributed by atoms with Gasteiger partial charge in [0.15, 0.2) is 0 Å². The molecular formula is C24H19FN4O3. The lowest BCUT2D eigenvalue weighted by molar-refractivity contribution is 0.0780. The van der Waals surface area contributed by atoms with Gasteiger partial charge in [-0.1, -0.05) is 0 Å². The minimum absolute atomic E-state index is 0.112. The maximum absolute atomic E-state index is 13.8. The van der Waals surface area contributed by atoms with Gasteiger partial charge in [-0.3, -0.25) is 14.0 Å². The molecule has 5 heterocycles. The predicted molar refractivity (Wildman–Crippen MR) is 116 cm³/mol. The van der Waals surface area contributed by atoms with Crippen LogP contribution >= 0.6 is 0 Å². The Morgan fingerprint density at radius 3 is 2.91 bits per heavy atom. The molecule has 0 bridgehead atoms. The summed E-state index contributed by atoms with van der Waals surface area (Å²) in [5.41, 5.74) is 4.73. The Kier molecular flexibility index (Phi) is 3.54. The summed E-state index contributed by atoms with van der Waals surface area (Å²) < 4.78 is 21.4. The normalized spacial score (nSPS) is 21.9. The van der Waals surface area contributed by atoms with Crippen LogP contribution in [0.25, 0.3) is 16.6 Å². The van der Waals surface area contributed by atoms with Crippen molar-refractivity contribution in [2.45, 2.75) is 31.2 Å². The molecule has 0 spiro atoms. The number of H-pyrrole nitrogens is 1. The number of hydrogen-bond acceptors (Lipinski definition) is 4. The molecule has 3 aliphatic heterocycles. The molecule has 3 aliphatic rings. The first-order valence-electron chi connectivity index (χ1n) is 10.9. The zero-order valence-electron chi connectivity index (χ0n) is 17.1. The van der Waals surface area contributed by atoms with Gasteiger partial charge >= 0.3 is 0 Å². The third kappa shape index (κ3) is 2.30. The Balaban J connectivity index is 1.46. The number of nitrogens with one attached hydrogen (secondary N) is 1. The summed E-state index contributed by atoms with van der Waals surface area (Å²) in [4.78, 5) is 35.3. The number of benzene rings is 2. The van der Waals surface area contributed by atoms with E-state index in [2.05, 4.69) is 9.97 Å². The highest BCUT2D eigenvalue weighted by Gasteiger charge is 2.43. The Morgan fingerprint density at radius 2 is 2.06 bits per heavy atom. The Bertz CT molecular complexity index is 1520. The number of fused-ring (bicyclic) bond motifs is 8. The van der Waals surface area contributed by atoms with Gasteiger partial charge in [0, 0.05) is 23.8 Å². The van der Waals surface area contributed by atoms with Crippen LogP contribution in [0.3, 0.4) is 0 Å². The average molecular weight is 430 g/mol. The number of imidazole rings is 1. The summed E-state index contributed by atoms with van der Waals surface area (Å²) in [5, 5.41) is 0. The molecule has 1 N–H and O–H groups in total. The second-order valence-corrected chi connectivity index (χ2v) is 8.83. The molecule has 1 amide bonds. The van der Waals surface area contributed by atoms with Crippen molar-refractivity contribution in [2.75, 3.05) is 18.1 Å². The Hall–Kier alpha value is -3.52. The van der Waals surface area contributed by atoms with Crippen LogP contribution in [0, 0.1) is 5.82 Å². The second-order valence-electron chi connectivity index (χ2n) is 8.83. The molecule has 7 rings (SSSR count). The van der Waals surface area contributed by atoms with Crippen molar-refractivity contribution in [3.63, 3.8) is 0 Å². The predicted octanol–water partition coefficient (Wildman–Crippen LogP) is 3.47. The number of aromatic nitrogens is 3. The van der Waals surface area contributed by atoms with Gasteiger partial charge in [0.2, 0.25) is 0 Å². The summed E-state index contributed by atoms with van der Waals surface area (Å²) in [5.74, 6) is 0.507. The number of rotatable bonds is 1. The Labute approximate surface area is 181 Å². The monoisotopic (exact) mass is 430 g/mol. The highest BCUT2D eigenvalue weighted by atomic mass is 19.1. The molecule has 2 aromatic heterocycles. The molecule has 0 saturated carbocycles. The van der Waals surface area contributed by atoms with Crippen molar-refractivity contribution in [2.24, 2.45) is 0 Å². The number of carbonyl (C=O) groups excluding carboxylic acids is 1. The summed E-state index contributed by atoms with van der Waals surface area (Å²) in [7, 11) is 0.